The summed E-state index contributed by atoms with van der Waals surface area (Å²) in [6, 6.07) is 20.7. The molecular weight excluding hydrogens is 1080 g/mol. The molecule has 18 nitrogen and oxygen atoms in total. The van der Waals surface area contributed by atoms with Gasteiger partial charge in [-0.15, -0.1) is 0 Å². The van der Waals surface area contributed by atoms with Crippen molar-refractivity contribution in [2.24, 2.45) is 0 Å². The normalized spacial score (nSPS) is 17.0. The van der Waals surface area contributed by atoms with E-state index in [4.69, 9.17) is 47.7 Å². The van der Waals surface area contributed by atoms with Crippen molar-refractivity contribution >= 4 is 52.3 Å². The van der Waals surface area contributed by atoms with Crippen molar-refractivity contribution in [1.29, 1.82) is 0 Å². The van der Waals surface area contributed by atoms with Crippen LogP contribution in [0.25, 0.3) is 22.5 Å². The molecule has 0 bridgehead atoms. The molecule has 0 radical (unpaired) electrons. The summed E-state index contributed by atoms with van der Waals surface area (Å²) in [6.07, 6.45) is -2.37. The SMILES string of the molecule is CC(C)N1CCC(Oc2ccc(N)cc2)CC1.CC(C)N1CCC(Oc2ccc(Nc3cc(-c4cnc(N)cc4C(F)(F)F)nc(N4CCOCC4)n3)cc2)CC1.Nc1cc(C(F)(F)F)c(-c2cc(Cl)nc(N3CCOCC3)n2)cn1. The molecule has 6 aromatic rings. The molecule has 81 heavy (non-hydrogen) atoms. The van der Waals surface area contributed by atoms with Gasteiger partial charge in [0.05, 0.1) is 48.9 Å². The Kier molecular flexibility index (Phi) is 20.2. The quantitative estimate of drug-likeness (QED) is 0.0509. The van der Waals surface area contributed by atoms with E-state index in [9.17, 15) is 26.3 Å². The van der Waals surface area contributed by atoms with Gasteiger partial charge in [-0.1, -0.05) is 11.6 Å². The summed E-state index contributed by atoms with van der Waals surface area (Å²) in [5, 5.41) is 3.26. The Labute approximate surface area is 472 Å². The minimum Gasteiger partial charge on any atom is -0.490 e. The lowest BCUT2D eigenvalue weighted by Gasteiger charge is -2.34. The monoisotopic (exact) mass is 1150 g/mol. The smallest absolute Gasteiger partial charge is 0.417 e. The molecule has 10 rings (SSSR count). The number of aromatic nitrogens is 6. The van der Waals surface area contributed by atoms with E-state index in [1.165, 1.54) is 12.1 Å². The van der Waals surface area contributed by atoms with Crippen LogP contribution in [0.3, 0.4) is 0 Å². The Hall–Kier alpha value is -6.99. The van der Waals surface area contributed by atoms with Gasteiger partial charge in [0.25, 0.3) is 0 Å². The zero-order chi connectivity index (χ0) is 57.8. The van der Waals surface area contributed by atoms with Crippen molar-refractivity contribution < 1.29 is 45.3 Å². The van der Waals surface area contributed by atoms with Crippen LogP contribution in [-0.2, 0) is 21.8 Å². The number of rotatable bonds is 12. The van der Waals surface area contributed by atoms with Gasteiger partial charge in [-0.25, -0.2) is 24.9 Å². The third kappa shape index (κ3) is 17.0. The first-order valence-corrected chi connectivity index (χ1v) is 27.3. The van der Waals surface area contributed by atoms with Gasteiger partial charge in [0, 0.05) is 111 Å². The molecule has 8 heterocycles. The average Bonchev–Trinajstić information content (AvgIpc) is 3.45. The van der Waals surface area contributed by atoms with Gasteiger partial charge in [-0.2, -0.15) is 31.3 Å². The van der Waals surface area contributed by atoms with Crippen molar-refractivity contribution in [2.75, 3.05) is 111 Å². The first-order valence-electron chi connectivity index (χ1n) is 26.9. The van der Waals surface area contributed by atoms with Gasteiger partial charge in [-0.05, 0) is 114 Å². The molecule has 4 fully saturated rings. The van der Waals surface area contributed by atoms with E-state index >= 15 is 0 Å². The molecule has 4 aromatic heterocycles. The number of hydrogen-bond donors (Lipinski definition) is 4. The third-order valence-corrected chi connectivity index (χ3v) is 14.2. The number of nitrogens with one attached hydrogen (secondary N) is 1. The predicted molar refractivity (Wildman–Crippen MR) is 302 cm³/mol. The summed E-state index contributed by atoms with van der Waals surface area (Å²) in [4.78, 5) is 33.7. The molecule has 0 atom stereocenters. The van der Waals surface area contributed by atoms with Gasteiger partial charge in [0.2, 0.25) is 11.9 Å². The number of likely N-dealkylation sites (tertiary alicyclic amines) is 2. The van der Waals surface area contributed by atoms with Crippen molar-refractivity contribution in [3.63, 3.8) is 0 Å². The van der Waals surface area contributed by atoms with E-state index in [0.717, 1.165) is 93.6 Å². The first-order chi connectivity index (χ1) is 38.6. The van der Waals surface area contributed by atoms with Crippen molar-refractivity contribution in [3.8, 4) is 34.0 Å². The predicted octanol–water partition coefficient (Wildman–Crippen LogP) is 10.1. The van der Waals surface area contributed by atoms with Crippen LogP contribution in [0.1, 0.15) is 64.5 Å². The van der Waals surface area contributed by atoms with E-state index in [0.29, 0.717) is 88.2 Å². The number of morpholine rings is 2. The number of halogens is 7. The van der Waals surface area contributed by atoms with Gasteiger partial charge in [-0.3, -0.25) is 0 Å². The van der Waals surface area contributed by atoms with E-state index in [2.05, 4.69) is 72.7 Å². The number of nitrogen functional groups attached to an aromatic ring is 3. The summed E-state index contributed by atoms with van der Waals surface area (Å²) in [6.45, 7) is 17.3. The molecule has 4 aliphatic rings. The van der Waals surface area contributed by atoms with Gasteiger partial charge < -0.3 is 61.1 Å². The van der Waals surface area contributed by atoms with E-state index < -0.39 is 23.5 Å². The number of pyridine rings is 2. The number of piperidine rings is 2. The Morgan fingerprint density at radius 3 is 1.38 bits per heavy atom. The zero-order valence-electron chi connectivity index (χ0n) is 45.7. The molecule has 2 aromatic carbocycles. The van der Waals surface area contributed by atoms with Crippen molar-refractivity contribution in [3.05, 3.63) is 101 Å². The van der Waals surface area contributed by atoms with Gasteiger partial charge in [0.15, 0.2) is 0 Å². The van der Waals surface area contributed by atoms with Crippen LogP contribution in [0.4, 0.5) is 67.1 Å². The van der Waals surface area contributed by atoms with Gasteiger partial charge in [0.1, 0.15) is 46.3 Å². The molecule has 436 valence electrons. The maximum Gasteiger partial charge on any atom is 0.417 e. The Bertz CT molecular complexity index is 2970. The fourth-order valence-corrected chi connectivity index (χ4v) is 9.71. The standard InChI is InChI=1S/C28H34F3N7O2.C14H13ClF3N5O.C14H22N2O/c1-18(2)37-9-7-21(8-10-37)40-20-5-3-19(4-6-20)34-26-16-24(35-27(36-26)38-11-13-39-14-12-38)22-17-33-25(32)15-23(22)28(29,30)31;15-11-6-10(21-13(22-11)23-1-3-24-4-2-23)8-7-20-12(19)5-9(8)14(16,17)18;1-11(2)16-9-7-14(8-10-16)17-13-5-3-12(15)4-6-13/h3-6,15-18,21H,7-14H2,1-2H3,(H2,32,33)(H,34,35,36);5-7H,1-4H2,(H2,19,20);3-6,11,14H,7-10,15H2,1-2H3. The van der Waals surface area contributed by atoms with Crippen LogP contribution >= 0.6 is 11.6 Å². The highest BCUT2D eigenvalue weighted by Gasteiger charge is 2.37. The highest BCUT2D eigenvalue weighted by molar-refractivity contribution is 6.29. The molecule has 0 aliphatic carbocycles. The number of alkyl halides is 6. The highest BCUT2D eigenvalue weighted by atomic mass is 35.5. The third-order valence-electron chi connectivity index (χ3n) is 14.0. The van der Waals surface area contributed by atoms with E-state index in [1.807, 2.05) is 53.4 Å². The summed E-state index contributed by atoms with van der Waals surface area (Å²) in [5.41, 5.74) is 16.0. The average molecular weight is 1150 g/mol. The molecule has 25 heteroatoms. The topological polar surface area (TPSA) is 217 Å². The molecule has 7 N–H and O–H groups in total. The molecule has 4 saturated heterocycles. The van der Waals surface area contributed by atoms with Crippen LogP contribution in [0.15, 0.2) is 85.2 Å². The fraction of sp³-hybridized carbons (Fsp3) is 0.464. The zero-order valence-corrected chi connectivity index (χ0v) is 46.4. The van der Waals surface area contributed by atoms with E-state index in [-0.39, 0.29) is 51.4 Å². The first kappa shape index (κ1) is 60.1. The number of nitrogens with two attached hydrogens (primary N) is 3. The second-order valence-corrected chi connectivity index (χ2v) is 20.8. The minimum atomic E-state index is -4.63. The number of anilines is 7. The lowest BCUT2D eigenvalue weighted by molar-refractivity contribution is -0.137. The number of hydrogen-bond acceptors (Lipinski definition) is 18. The highest BCUT2D eigenvalue weighted by Crippen LogP contribution is 2.40. The second kappa shape index (κ2) is 27.2. The number of nitrogens with zero attached hydrogens (tertiary/aromatic N) is 10. The van der Waals surface area contributed by atoms with Crippen molar-refractivity contribution in [2.45, 2.75) is 90.0 Å². The van der Waals surface area contributed by atoms with Crippen LogP contribution < -0.4 is 41.8 Å². The Morgan fingerprint density at radius 2 is 0.963 bits per heavy atom. The molecule has 0 unspecified atom stereocenters. The van der Waals surface area contributed by atoms with Gasteiger partial charge >= 0.3 is 12.4 Å². The summed E-state index contributed by atoms with van der Waals surface area (Å²) >= 11 is 5.98. The second-order valence-electron chi connectivity index (χ2n) is 20.4. The van der Waals surface area contributed by atoms with Crippen LogP contribution in [0.2, 0.25) is 5.15 Å². The van der Waals surface area contributed by atoms with Crippen LogP contribution in [0, 0.1) is 0 Å². The molecule has 0 spiro atoms. The number of ether oxygens (including phenoxy) is 4. The largest absolute Gasteiger partial charge is 0.490 e. The summed E-state index contributed by atoms with van der Waals surface area (Å²) in [7, 11) is 0. The van der Waals surface area contributed by atoms with Crippen LogP contribution in [-0.4, -0.2) is 143 Å². The summed E-state index contributed by atoms with van der Waals surface area (Å²) in [5.74, 6) is 2.18. The molecule has 0 amide bonds. The molecule has 4 aliphatic heterocycles. The Balaban J connectivity index is 0.000000177. The molecular formula is C56H69ClF6N14O4. The van der Waals surface area contributed by atoms with Crippen molar-refractivity contribution in [1.82, 2.24) is 39.7 Å². The Morgan fingerprint density at radius 1 is 0.556 bits per heavy atom. The number of benzene rings is 2. The lowest BCUT2D eigenvalue weighted by Crippen LogP contribution is -2.41. The lowest BCUT2D eigenvalue weighted by atomic mass is 10.1. The van der Waals surface area contributed by atoms with E-state index in [1.54, 1.807) is 4.90 Å². The molecule has 0 saturated carbocycles. The maximum atomic E-state index is 13.9. The van der Waals surface area contributed by atoms with Crippen LogP contribution in [0.5, 0.6) is 11.5 Å². The fourth-order valence-electron chi connectivity index (χ4n) is 9.53. The summed E-state index contributed by atoms with van der Waals surface area (Å²) < 4.78 is 104. The maximum absolute atomic E-state index is 13.9. The minimum absolute atomic E-state index is 0.0383.